The van der Waals surface area contributed by atoms with E-state index in [1.807, 2.05) is 40.9 Å². The van der Waals surface area contributed by atoms with Gasteiger partial charge in [0.25, 0.3) is 5.92 Å². The molecule has 28 heavy (non-hydrogen) atoms. The number of nitrogens with zero attached hydrogens (tertiary/aromatic N) is 3. The number of hydrogen-bond donors (Lipinski definition) is 2. The van der Waals surface area contributed by atoms with E-state index in [-0.39, 0.29) is 24.8 Å². The van der Waals surface area contributed by atoms with Gasteiger partial charge < -0.3 is 5.32 Å². The lowest BCUT2D eigenvalue weighted by Crippen LogP contribution is -2.35. The fourth-order valence-electron chi connectivity index (χ4n) is 3.03. The van der Waals surface area contributed by atoms with E-state index in [9.17, 15) is 13.6 Å². The van der Waals surface area contributed by atoms with Crippen molar-refractivity contribution in [3.63, 3.8) is 0 Å². The van der Waals surface area contributed by atoms with Crippen LogP contribution in [-0.2, 0) is 11.2 Å². The highest BCUT2D eigenvalue weighted by Crippen LogP contribution is 2.25. The van der Waals surface area contributed by atoms with Gasteiger partial charge in [-0.15, -0.1) is 35.0 Å². The van der Waals surface area contributed by atoms with Crippen molar-refractivity contribution < 1.29 is 13.6 Å². The first-order valence-electron chi connectivity index (χ1n) is 8.30. The fraction of sp³-hybridized carbons (Fsp3) is 0.278. The van der Waals surface area contributed by atoms with E-state index in [1.165, 1.54) is 0 Å². The highest BCUT2D eigenvalue weighted by Gasteiger charge is 2.42. The number of nitrogens with one attached hydrogen (secondary N) is 2. The van der Waals surface area contributed by atoms with Gasteiger partial charge >= 0.3 is 0 Å². The Labute approximate surface area is 172 Å². The summed E-state index contributed by atoms with van der Waals surface area (Å²) < 4.78 is 28.3. The minimum atomic E-state index is -2.83. The Bertz CT molecular complexity index is 949. The minimum absolute atomic E-state index is 0. The average Bonchev–Trinajstić information content (AvgIpc) is 3.20. The third-order valence-corrected chi connectivity index (χ3v) is 4.39. The zero-order valence-electron chi connectivity index (χ0n) is 14.6. The lowest BCUT2D eigenvalue weighted by Gasteiger charge is -2.11. The highest BCUT2D eigenvalue weighted by molar-refractivity contribution is 5.95. The average molecular weight is 430 g/mol. The van der Waals surface area contributed by atoms with Crippen molar-refractivity contribution in [1.29, 1.82) is 0 Å². The van der Waals surface area contributed by atoms with Crippen LogP contribution in [0.3, 0.4) is 0 Å². The van der Waals surface area contributed by atoms with Crippen molar-refractivity contribution >= 4 is 42.1 Å². The number of halogens is 4. The Morgan fingerprint density at radius 1 is 1.18 bits per heavy atom. The van der Waals surface area contributed by atoms with Crippen LogP contribution in [-0.4, -0.2) is 39.0 Å². The zero-order chi connectivity index (χ0) is 18.1. The summed E-state index contributed by atoms with van der Waals surface area (Å²) >= 11 is 0. The number of benzene rings is 1. The molecule has 1 saturated heterocycles. The predicted octanol–water partition coefficient (Wildman–Crippen LogP) is 3.10. The zero-order valence-corrected chi connectivity index (χ0v) is 16.3. The molecule has 1 amide bonds. The van der Waals surface area contributed by atoms with Crippen LogP contribution in [0.2, 0.25) is 0 Å². The van der Waals surface area contributed by atoms with E-state index in [0.717, 1.165) is 17.0 Å². The molecular formula is C18H19Cl2F2N5O. The molecule has 2 aromatic heterocycles. The van der Waals surface area contributed by atoms with Crippen LogP contribution in [0.15, 0.2) is 48.7 Å². The van der Waals surface area contributed by atoms with Gasteiger partial charge in [-0.2, -0.15) is 0 Å². The second-order valence-corrected chi connectivity index (χ2v) is 6.40. The predicted molar refractivity (Wildman–Crippen MR) is 107 cm³/mol. The van der Waals surface area contributed by atoms with Crippen LogP contribution >= 0.6 is 24.8 Å². The number of carbonyl (C=O) groups excluding carboxylic acids is 1. The van der Waals surface area contributed by atoms with E-state index >= 15 is 0 Å². The van der Waals surface area contributed by atoms with Gasteiger partial charge in [0.15, 0.2) is 5.65 Å². The summed E-state index contributed by atoms with van der Waals surface area (Å²) in [4.78, 5) is 12.1. The first-order chi connectivity index (χ1) is 12.5. The number of alkyl halides is 2. The molecule has 1 unspecified atom stereocenters. The van der Waals surface area contributed by atoms with Crippen LogP contribution in [0.5, 0.6) is 0 Å². The van der Waals surface area contributed by atoms with Gasteiger partial charge in [-0.1, -0.05) is 18.2 Å². The smallest absolute Gasteiger partial charge is 0.262 e. The van der Waals surface area contributed by atoms with Gasteiger partial charge in [-0.25, -0.2) is 8.78 Å². The second-order valence-electron chi connectivity index (χ2n) is 6.40. The number of fused-ring (bicyclic) bond motifs is 1. The van der Waals surface area contributed by atoms with Crippen molar-refractivity contribution in [3.05, 3.63) is 60.0 Å². The van der Waals surface area contributed by atoms with Crippen molar-refractivity contribution in [2.75, 3.05) is 11.9 Å². The molecule has 4 rings (SSSR count). The SMILES string of the molecule is Cl.Cl.O=C(Nc1ccc(Cc2nnc3ccccn23)cc1)C1CC(F)(F)CN1. The van der Waals surface area contributed by atoms with Crippen molar-refractivity contribution in [2.45, 2.75) is 24.8 Å². The van der Waals surface area contributed by atoms with E-state index < -0.39 is 30.8 Å². The summed E-state index contributed by atoms with van der Waals surface area (Å²) in [5.41, 5.74) is 2.36. The molecule has 6 nitrogen and oxygen atoms in total. The number of pyridine rings is 1. The van der Waals surface area contributed by atoms with Crippen LogP contribution in [0.4, 0.5) is 14.5 Å². The third-order valence-electron chi connectivity index (χ3n) is 4.39. The molecule has 0 spiro atoms. The largest absolute Gasteiger partial charge is 0.325 e. The standard InChI is InChI=1S/C18H17F2N5O.2ClH/c19-18(20)10-14(21-11-18)17(26)22-13-6-4-12(5-7-13)9-16-24-23-15-3-1-2-8-25(15)16;;/h1-8,14,21H,9-11H2,(H,22,26);2*1H. The quantitative estimate of drug-likeness (QED) is 0.668. The molecular weight excluding hydrogens is 411 g/mol. The number of carbonyl (C=O) groups is 1. The summed E-state index contributed by atoms with van der Waals surface area (Å²) in [6.07, 6.45) is 2.02. The lowest BCUT2D eigenvalue weighted by molar-refractivity contribution is -0.118. The van der Waals surface area contributed by atoms with Gasteiger partial charge in [0.2, 0.25) is 5.91 Å². The van der Waals surface area contributed by atoms with Gasteiger partial charge in [0.05, 0.1) is 12.6 Å². The molecule has 0 aliphatic carbocycles. The maximum Gasteiger partial charge on any atom is 0.262 e. The van der Waals surface area contributed by atoms with E-state index in [4.69, 9.17) is 0 Å². The Hall–Kier alpha value is -2.29. The molecule has 1 fully saturated rings. The van der Waals surface area contributed by atoms with Crippen LogP contribution in [0.1, 0.15) is 17.8 Å². The molecule has 3 aromatic rings. The monoisotopic (exact) mass is 429 g/mol. The topological polar surface area (TPSA) is 71.3 Å². The number of amides is 1. The van der Waals surface area contributed by atoms with Crippen molar-refractivity contribution in [3.8, 4) is 0 Å². The summed E-state index contributed by atoms with van der Waals surface area (Å²) in [7, 11) is 0. The van der Waals surface area contributed by atoms with Gasteiger partial charge in [0.1, 0.15) is 5.82 Å². The number of anilines is 1. The Balaban J connectivity index is 0.00000140. The second kappa shape index (κ2) is 8.81. The van der Waals surface area contributed by atoms with Crippen LogP contribution in [0, 0.1) is 0 Å². The van der Waals surface area contributed by atoms with Gasteiger partial charge in [-0.05, 0) is 29.8 Å². The van der Waals surface area contributed by atoms with Gasteiger partial charge in [-0.3, -0.25) is 14.5 Å². The normalized spacial score (nSPS) is 17.6. The summed E-state index contributed by atoms with van der Waals surface area (Å²) in [5, 5.41) is 13.5. The van der Waals surface area contributed by atoms with E-state index in [0.29, 0.717) is 12.1 Å². The minimum Gasteiger partial charge on any atom is -0.325 e. The van der Waals surface area contributed by atoms with E-state index in [2.05, 4.69) is 20.8 Å². The number of rotatable bonds is 4. The summed E-state index contributed by atoms with van der Waals surface area (Å²) in [5.74, 6) is -2.46. The van der Waals surface area contributed by atoms with Crippen molar-refractivity contribution in [2.24, 2.45) is 0 Å². The molecule has 1 aliphatic rings. The summed E-state index contributed by atoms with van der Waals surface area (Å²) in [6, 6.07) is 12.1. The molecule has 0 bridgehead atoms. The van der Waals surface area contributed by atoms with Gasteiger partial charge in [0, 0.05) is 24.7 Å². The van der Waals surface area contributed by atoms with Crippen molar-refractivity contribution in [1.82, 2.24) is 19.9 Å². The molecule has 2 N–H and O–H groups in total. The molecule has 0 saturated carbocycles. The molecule has 3 heterocycles. The molecule has 1 aromatic carbocycles. The summed E-state index contributed by atoms with van der Waals surface area (Å²) in [6.45, 7) is -0.462. The third kappa shape index (κ3) is 4.76. The maximum absolute atomic E-state index is 13.2. The molecule has 10 heteroatoms. The van der Waals surface area contributed by atoms with Crippen LogP contribution in [0.25, 0.3) is 5.65 Å². The lowest BCUT2D eigenvalue weighted by atomic mass is 10.1. The molecule has 0 radical (unpaired) electrons. The van der Waals surface area contributed by atoms with E-state index in [1.54, 1.807) is 12.1 Å². The first-order valence-corrected chi connectivity index (χ1v) is 8.30. The first kappa shape index (κ1) is 22.0. The van der Waals surface area contributed by atoms with Crippen LogP contribution < -0.4 is 10.6 Å². The molecule has 1 atom stereocenters. The molecule has 150 valence electrons. The fourth-order valence-corrected chi connectivity index (χ4v) is 3.03. The maximum atomic E-state index is 13.2. The highest BCUT2D eigenvalue weighted by atomic mass is 35.5. The Morgan fingerprint density at radius 3 is 2.61 bits per heavy atom. The number of aromatic nitrogens is 3. The molecule has 1 aliphatic heterocycles. The number of hydrogen-bond acceptors (Lipinski definition) is 4. The Kier molecular flexibility index (Phi) is 6.92. The Morgan fingerprint density at radius 2 is 1.93 bits per heavy atom.